The number of pyridine rings is 1. The van der Waals surface area contributed by atoms with E-state index in [4.69, 9.17) is 16.3 Å². The lowest BCUT2D eigenvalue weighted by Gasteiger charge is -2.32. The zero-order valence-electron chi connectivity index (χ0n) is 12.1. The molecule has 0 aliphatic heterocycles. The first-order valence-electron chi connectivity index (χ1n) is 6.82. The van der Waals surface area contributed by atoms with Crippen LogP contribution in [0.4, 0.5) is 0 Å². The first kappa shape index (κ1) is 14.4. The van der Waals surface area contributed by atoms with Gasteiger partial charge >= 0.3 is 0 Å². The van der Waals surface area contributed by atoms with Crippen LogP contribution in [0, 0.1) is 5.41 Å². The van der Waals surface area contributed by atoms with Gasteiger partial charge in [0.15, 0.2) is 0 Å². The van der Waals surface area contributed by atoms with E-state index in [0.717, 1.165) is 24.2 Å². The Hall–Kier alpha value is -1.02. The number of nitrogens with zero attached hydrogens (tertiary/aromatic N) is 1. The third-order valence-electron chi connectivity index (χ3n) is 3.25. The fraction of sp³-hybridized carbons (Fsp3) is 0.562. The van der Waals surface area contributed by atoms with Crippen molar-refractivity contribution in [2.24, 2.45) is 5.41 Å². The SMILES string of the molecule is CC(C)Oc1cncc(C2=CC(Cl)CC(C)(C)C2)c1. The summed E-state index contributed by atoms with van der Waals surface area (Å²) in [5.74, 6) is 0.822. The zero-order chi connectivity index (χ0) is 14.0. The molecule has 1 heterocycles. The highest BCUT2D eigenvalue weighted by Crippen LogP contribution is 2.41. The molecule has 0 bridgehead atoms. The molecule has 104 valence electrons. The van der Waals surface area contributed by atoms with Gasteiger partial charge in [-0.25, -0.2) is 0 Å². The van der Waals surface area contributed by atoms with Gasteiger partial charge in [-0.05, 0) is 49.3 Å². The van der Waals surface area contributed by atoms with E-state index < -0.39 is 0 Å². The highest BCUT2D eigenvalue weighted by Gasteiger charge is 2.28. The maximum atomic E-state index is 6.34. The van der Waals surface area contributed by atoms with Gasteiger partial charge in [0.05, 0.1) is 17.7 Å². The summed E-state index contributed by atoms with van der Waals surface area (Å²) < 4.78 is 5.70. The largest absolute Gasteiger partial charge is 0.489 e. The van der Waals surface area contributed by atoms with Gasteiger partial charge in [-0.3, -0.25) is 4.98 Å². The average molecular weight is 280 g/mol. The van der Waals surface area contributed by atoms with E-state index in [0.29, 0.717) is 0 Å². The molecule has 0 fully saturated rings. The van der Waals surface area contributed by atoms with Crippen molar-refractivity contribution in [1.29, 1.82) is 0 Å². The smallest absolute Gasteiger partial charge is 0.138 e. The molecule has 0 radical (unpaired) electrons. The lowest BCUT2D eigenvalue weighted by molar-refractivity contribution is 0.241. The summed E-state index contributed by atoms with van der Waals surface area (Å²) in [7, 11) is 0. The molecule has 1 aromatic heterocycles. The summed E-state index contributed by atoms with van der Waals surface area (Å²) in [5, 5.41) is 0.105. The van der Waals surface area contributed by atoms with E-state index in [1.54, 1.807) is 6.20 Å². The second-order valence-electron chi connectivity index (χ2n) is 6.33. The summed E-state index contributed by atoms with van der Waals surface area (Å²) in [6.07, 6.45) is 8.02. The van der Waals surface area contributed by atoms with Crippen LogP contribution >= 0.6 is 11.6 Å². The monoisotopic (exact) mass is 279 g/mol. The van der Waals surface area contributed by atoms with Crippen molar-refractivity contribution in [3.8, 4) is 5.75 Å². The molecule has 2 rings (SSSR count). The van der Waals surface area contributed by atoms with E-state index in [2.05, 4.69) is 31.0 Å². The van der Waals surface area contributed by atoms with Crippen molar-refractivity contribution < 1.29 is 4.74 Å². The molecule has 2 nitrogen and oxygen atoms in total. The van der Waals surface area contributed by atoms with Gasteiger partial charge in [0.1, 0.15) is 5.75 Å². The minimum atomic E-state index is 0.105. The molecule has 3 heteroatoms. The van der Waals surface area contributed by atoms with Crippen molar-refractivity contribution in [2.45, 2.75) is 52.0 Å². The Morgan fingerprint density at radius 3 is 2.74 bits per heavy atom. The first-order chi connectivity index (χ1) is 8.85. The third kappa shape index (κ3) is 3.97. The molecule has 0 spiro atoms. The van der Waals surface area contributed by atoms with E-state index in [9.17, 15) is 0 Å². The van der Waals surface area contributed by atoms with Gasteiger partial charge in [-0.1, -0.05) is 19.9 Å². The number of hydrogen-bond donors (Lipinski definition) is 0. The van der Waals surface area contributed by atoms with E-state index in [-0.39, 0.29) is 16.9 Å². The molecule has 1 unspecified atom stereocenters. The number of alkyl halides is 1. The Morgan fingerprint density at radius 1 is 1.37 bits per heavy atom. The van der Waals surface area contributed by atoms with E-state index >= 15 is 0 Å². The summed E-state index contributed by atoms with van der Waals surface area (Å²) in [5.41, 5.74) is 2.64. The molecule has 0 amide bonds. The van der Waals surface area contributed by atoms with Crippen LogP contribution in [0.1, 0.15) is 46.1 Å². The maximum Gasteiger partial charge on any atom is 0.138 e. The second-order valence-corrected chi connectivity index (χ2v) is 6.89. The molecule has 0 aromatic carbocycles. The van der Waals surface area contributed by atoms with Crippen LogP contribution in [0.25, 0.3) is 5.57 Å². The van der Waals surface area contributed by atoms with E-state index in [1.807, 2.05) is 20.0 Å². The Morgan fingerprint density at radius 2 is 2.11 bits per heavy atom. The molecule has 1 aliphatic rings. The van der Waals surface area contributed by atoms with Crippen LogP contribution in [-0.2, 0) is 0 Å². The molecule has 0 saturated heterocycles. The maximum absolute atomic E-state index is 6.34. The Kier molecular flexibility index (Phi) is 4.19. The first-order valence-corrected chi connectivity index (χ1v) is 7.26. The predicted octanol–water partition coefficient (Wildman–Crippen LogP) is 4.68. The fourth-order valence-corrected chi connectivity index (χ4v) is 3.15. The normalized spacial score (nSPS) is 22.2. The van der Waals surface area contributed by atoms with Crippen LogP contribution in [0.2, 0.25) is 0 Å². The second kappa shape index (κ2) is 5.54. The minimum Gasteiger partial charge on any atom is -0.489 e. The topological polar surface area (TPSA) is 22.1 Å². The summed E-state index contributed by atoms with van der Waals surface area (Å²) >= 11 is 6.34. The summed E-state index contributed by atoms with van der Waals surface area (Å²) in [6, 6.07) is 2.06. The quantitative estimate of drug-likeness (QED) is 0.750. The molecule has 1 atom stereocenters. The van der Waals surface area contributed by atoms with Gasteiger partial charge in [0, 0.05) is 6.20 Å². The Labute approximate surface area is 120 Å². The number of allylic oxidation sites excluding steroid dienone is 2. The van der Waals surface area contributed by atoms with Gasteiger partial charge in [-0.15, -0.1) is 11.6 Å². The van der Waals surface area contributed by atoms with Crippen LogP contribution in [0.15, 0.2) is 24.5 Å². The lowest BCUT2D eigenvalue weighted by Crippen LogP contribution is -2.21. The Bertz CT molecular complexity index is 479. The van der Waals surface area contributed by atoms with Gasteiger partial charge in [0.2, 0.25) is 0 Å². The molecule has 19 heavy (non-hydrogen) atoms. The molecule has 1 aromatic rings. The molecule has 1 aliphatic carbocycles. The van der Waals surface area contributed by atoms with Gasteiger partial charge in [0.25, 0.3) is 0 Å². The van der Waals surface area contributed by atoms with Crippen molar-refractivity contribution in [3.05, 3.63) is 30.1 Å². The fourth-order valence-electron chi connectivity index (χ4n) is 2.58. The molecule has 0 saturated carbocycles. The zero-order valence-corrected chi connectivity index (χ0v) is 12.9. The number of rotatable bonds is 3. The number of halogens is 1. The van der Waals surface area contributed by atoms with Crippen molar-refractivity contribution >= 4 is 17.2 Å². The van der Waals surface area contributed by atoms with Crippen molar-refractivity contribution in [1.82, 2.24) is 4.98 Å². The van der Waals surface area contributed by atoms with Crippen LogP contribution in [0.3, 0.4) is 0 Å². The highest BCUT2D eigenvalue weighted by atomic mass is 35.5. The molecule has 0 N–H and O–H groups in total. The third-order valence-corrected chi connectivity index (χ3v) is 3.53. The van der Waals surface area contributed by atoms with Crippen LogP contribution in [-0.4, -0.2) is 16.5 Å². The average Bonchev–Trinajstić information content (AvgIpc) is 2.25. The Balaban J connectivity index is 2.26. The predicted molar refractivity (Wildman–Crippen MR) is 80.6 cm³/mol. The van der Waals surface area contributed by atoms with Gasteiger partial charge < -0.3 is 4.74 Å². The summed E-state index contributed by atoms with van der Waals surface area (Å²) in [4.78, 5) is 4.28. The minimum absolute atomic E-state index is 0.105. The number of aromatic nitrogens is 1. The van der Waals surface area contributed by atoms with Crippen molar-refractivity contribution in [3.63, 3.8) is 0 Å². The molecular formula is C16H22ClNO. The van der Waals surface area contributed by atoms with Gasteiger partial charge in [-0.2, -0.15) is 0 Å². The standard InChI is InChI=1S/C16H22ClNO/c1-11(2)19-15-6-13(9-18-10-15)12-5-14(17)8-16(3,4)7-12/h5-6,9-11,14H,7-8H2,1-4H3. The van der Waals surface area contributed by atoms with Crippen LogP contribution < -0.4 is 4.74 Å². The molecular weight excluding hydrogens is 258 g/mol. The summed E-state index contributed by atoms with van der Waals surface area (Å²) in [6.45, 7) is 8.56. The van der Waals surface area contributed by atoms with Crippen LogP contribution in [0.5, 0.6) is 5.75 Å². The highest BCUT2D eigenvalue weighted by molar-refractivity contribution is 6.22. The number of hydrogen-bond acceptors (Lipinski definition) is 2. The number of ether oxygens (including phenoxy) is 1. The van der Waals surface area contributed by atoms with Crippen molar-refractivity contribution in [2.75, 3.05) is 0 Å². The van der Waals surface area contributed by atoms with E-state index in [1.165, 1.54) is 5.57 Å². The lowest BCUT2D eigenvalue weighted by atomic mass is 9.75.